The molecule has 2 N–H and O–H groups in total. The highest BCUT2D eigenvalue weighted by molar-refractivity contribution is 7.92. The second-order valence-electron chi connectivity index (χ2n) is 4.99. The number of rotatable bonds is 6. The molecule has 1 unspecified atom stereocenters. The zero-order valence-electron chi connectivity index (χ0n) is 12.3. The van der Waals surface area contributed by atoms with Gasteiger partial charge in [0.2, 0.25) is 10.0 Å². The average Bonchev–Trinajstić information content (AvgIpc) is 2.38. The minimum atomic E-state index is -3.69. The van der Waals surface area contributed by atoms with E-state index in [1.165, 1.54) is 24.9 Å². The van der Waals surface area contributed by atoms with Gasteiger partial charge in [0, 0.05) is 19.2 Å². The fraction of sp³-hybridized carbons (Fsp3) is 0.385. The molecular weight excluding hydrogens is 315 g/mol. The van der Waals surface area contributed by atoms with E-state index in [1.54, 1.807) is 0 Å². The molecule has 1 aromatic rings. The van der Waals surface area contributed by atoms with Crippen molar-refractivity contribution >= 4 is 27.6 Å². The Hall–Kier alpha value is -2.16. The molecule has 1 atom stereocenters. The van der Waals surface area contributed by atoms with Crippen LogP contribution in [0.15, 0.2) is 18.2 Å². The maximum atomic E-state index is 13.6. The molecular formula is C13H17FN2O5S. The number of nitrogens with zero attached hydrogens (tertiary/aromatic N) is 1. The summed E-state index contributed by atoms with van der Waals surface area (Å²) >= 11 is 0. The van der Waals surface area contributed by atoms with Crippen molar-refractivity contribution in [2.24, 2.45) is 5.92 Å². The van der Waals surface area contributed by atoms with Gasteiger partial charge < -0.3 is 10.0 Å². The summed E-state index contributed by atoms with van der Waals surface area (Å²) < 4.78 is 37.8. The van der Waals surface area contributed by atoms with E-state index in [4.69, 9.17) is 5.11 Å². The molecule has 0 saturated carbocycles. The monoisotopic (exact) mass is 332 g/mol. The maximum Gasteiger partial charge on any atom is 0.308 e. The van der Waals surface area contributed by atoms with E-state index >= 15 is 0 Å². The van der Waals surface area contributed by atoms with Gasteiger partial charge in [0.25, 0.3) is 5.91 Å². The third kappa shape index (κ3) is 4.99. The van der Waals surface area contributed by atoms with Crippen LogP contribution in [0.2, 0.25) is 0 Å². The first-order valence-corrected chi connectivity index (χ1v) is 8.16. The molecule has 122 valence electrons. The van der Waals surface area contributed by atoms with Crippen molar-refractivity contribution in [1.82, 2.24) is 4.90 Å². The van der Waals surface area contributed by atoms with Crippen LogP contribution in [-0.2, 0) is 14.8 Å². The highest BCUT2D eigenvalue weighted by Crippen LogP contribution is 2.18. The van der Waals surface area contributed by atoms with Gasteiger partial charge in [0.15, 0.2) is 0 Å². The zero-order chi connectivity index (χ0) is 17.1. The summed E-state index contributed by atoms with van der Waals surface area (Å²) in [5, 5.41) is 8.83. The number of hydrogen-bond donors (Lipinski definition) is 2. The first-order valence-electron chi connectivity index (χ1n) is 6.27. The fourth-order valence-corrected chi connectivity index (χ4v) is 2.28. The molecule has 0 aliphatic heterocycles. The van der Waals surface area contributed by atoms with Gasteiger partial charge >= 0.3 is 5.97 Å². The van der Waals surface area contributed by atoms with Gasteiger partial charge in [-0.3, -0.25) is 14.3 Å². The molecule has 0 fully saturated rings. The second kappa shape index (κ2) is 6.73. The summed E-state index contributed by atoms with van der Waals surface area (Å²) in [6.45, 7) is 1.42. The number of hydrogen-bond acceptors (Lipinski definition) is 4. The van der Waals surface area contributed by atoms with Crippen LogP contribution in [0.4, 0.5) is 10.1 Å². The molecule has 0 aliphatic carbocycles. The Morgan fingerprint density at radius 3 is 2.50 bits per heavy atom. The molecule has 22 heavy (non-hydrogen) atoms. The first-order chi connectivity index (χ1) is 10.0. The minimum absolute atomic E-state index is 0.0274. The van der Waals surface area contributed by atoms with Crippen molar-refractivity contribution in [2.75, 3.05) is 24.6 Å². The van der Waals surface area contributed by atoms with Crippen LogP contribution in [0.5, 0.6) is 0 Å². The van der Waals surface area contributed by atoms with E-state index in [9.17, 15) is 22.4 Å². The van der Waals surface area contributed by atoms with Crippen molar-refractivity contribution < 1.29 is 27.5 Å². The van der Waals surface area contributed by atoms with E-state index in [0.717, 1.165) is 18.4 Å². The van der Waals surface area contributed by atoms with Gasteiger partial charge in [0.1, 0.15) is 5.82 Å². The highest BCUT2D eigenvalue weighted by atomic mass is 32.2. The molecule has 1 rings (SSSR count). The minimum Gasteiger partial charge on any atom is -0.481 e. The van der Waals surface area contributed by atoms with E-state index in [2.05, 4.69) is 0 Å². The summed E-state index contributed by atoms with van der Waals surface area (Å²) in [6.07, 6.45) is 0.863. The molecule has 7 nitrogen and oxygen atoms in total. The number of aliphatic carboxylic acids is 1. The molecule has 0 aliphatic rings. The standard InChI is InChI=1S/C13H17FN2O5S/c1-8(13(18)19)7-16(2)12(17)9-4-5-10(14)11(6-9)15-22(3,20)21/h4-6,8,15H,7H2,1-3H3,(H,18,19). The van der Waals surface area contributed by atoms with Crippen LogP contribution in [0.25, 0.3) is 0 Å². The summed E-state index contributed by atoms with van der Waals surface area (Å²) in [5.41, 5.74) is -0.291. The normalized spacial score (nSPS) is 12.5. The van der Waals surface area contributed by atoms with Crippen LogP contribution in [0, 0.1) is 11.7 Å². The fourth-order valence-electron chi connectivity index (χ4n) is 1.73. The molecule has 0 bridgehead atoms. The van der Waals surface area contributed by atoms with Crippen LogP contribution >= 0.6 is 0 Å². The summed E-state index contributed by atoms with van der Waals surface area (Å²) in [5.74, 6) is -3.16. The summed E-state index contributed by atoms with van der Waals surface area (Å²) in [4.78, 5) is 24.1. The van der Waals surface area contributed by atoms with E-state index in [1.807, 2.05) is 4.72 Å². The van der Waals surface area contributed by atoms with Gasteiger partial charge in [-0.05, 0) is 18.2 Å². The molecule has 0 spiro atoms. The molecule has 0 saturated heterocycles. The van der Waals surface area contributed by atoms with Crippen molar-refractivity contribution in [3.8, 4) is 0 Å². The Labute approximate surface area is 127 Å². The number of carbonyl (C=O) groups excluding carboxylic acids is 1. The Morgan fingerprint density at radius 1 is 1.41 bits per heavy atom. The molecule has 0 aromatic heterocycles. The lowest BCUT2D eigenvalue weighted by Gasteiger charge is -2.20. The average molecular weight is 332 g/mol. The smallest absolute Gasteiger partial charge is 0.308 e. The van der Waals surface area contributed by atoms with Gasteiger partial charge in [-0.15, -0.1) is 0 Å². The van der Waals surface area contributed by atoms with Crippen LogP contribution in [0.1, 0.15) is 17.3 Å². The van der Waals surface area contributed by atoms with E-state index in [-0.39, 0.29) is 17.8 Å². The van der Waals surface area contributed by atoms with Gasteiger partial charge in [0.05, 0.1) is 17.9 Å². The number of carbonyl (C=O) groups is 2. The number of carboxylic acids is 1. The molecule has 0 heterocycles. The lowest BCUT2D eigenvalue weighted by Crippen LogP contribution is -2.33. The molecule has 1 amide bonds. The summed E-state index contributed by atoms with van der Waals surface area (Å²) in [6, 6.07) is 3.24. The predicted octanol–water partition coefficient (Wildman–Crippen LogP) is 0.990. The molecule has 1 aromatic carbocycles. The molecule has 0 radical (unpaired) electrons. The van der Waals surface area contributed by atoms with Crippen molar-refractivity contribution in [2.45, 2.75) is 6.92 Å². The van der Waals surface area contributed by atoms with Crippen molar-refractivity contribution in [3.05, 3.63) is 29.6 Å². The first kappa shape index (κ1) is 17.9. The van der Waals surface area contributed by atoms with Gasteiger partial charge in [-0.25, -0.2) is 12.8 Å². The largest absolute Gasteiger partial charge is 0.481 e. The Bertz CT molecular complexity index is 690. The number of benzene rings is 1. The maximum absolute atomic E-state index is 13.6. The van der Waals surface area contributed by atoms with Crippen LogP contribution in [0.3, 0.4) is 0 Å². The van der Waals surface area contributed by atoms with Gasteiger partial charge in [-0.2, -0.15) is 0 Å². The van der Waals surface area contributed by atoms with Gasteiger partial charge in [-0.1, -0.05) is 6.92 Å². The topological polar surface area (TPSA) is 104 Å². The molecule has 9 heteroatoms. The quantitative estimate of drug-likeness (QED) is 0.808. The van der Waals surface area contributed by atoms with Crippen LogP contribution in [-0.4, -0.2) is 50.1 Å². The Morgan fingerprint density at radius 2 is 2.00 bits per heavy atom. The number of nitrogens with one attached hydrogen (secondary N) is 1. The van der Waals surface area contributed by atoms with E-state index < -0.39 is 33.6 Å². The number of sulfonamides is 1. The summed E-state index contributed by atoms with van der Waals surface area (Å²) in [7, 11) is -2.27. The number of anilines is 1. The number of halogens is 1. The van der Waals surface area contributed by atoms with Crippen LogP contribution < -0.4 is 4.72 Å². The van der Waals surface area contributed by atoms with Crippen molar-refractivity contribution in [3.63, 3.8) is 0 Å². The Balaban J connectivity index is 2.99. The second-order valence-corrected chi connectivity index (χ2v) is 6.74. The third-order valence-electron chi connectivity index (χ3n) is 2.82. The lowest BCUT2D eigenvalue weighted by molar-refractivity contribution is -0.141. The number of carboxylic acid groups (broad SMARTS) is 1. The lowest BCUT2D eigenvalue weighted by atomic mass is 10.1. The predicted molar refractivity (Wildman–Crippen MR) is 78.6 cm³/mol. The van der Waals surface area contributed by atoms with E-state index in [0.29, 0.717) is 0 Å². The SMILES string of the molecule is CC(CN(C)C(=O)c1ccc(F)c(NS(C)(=O)=O)c1)C(=O)O. The number of amides is 1. The van der Waals surface area contributed by atoms with Crippen molar-refractivity contribution in [1.29, 1.82) is 0 Å². The Kier molecular flexibility index (Phi) is 5.48. The third-order valence-corrected chi connectivity index (χ3v) is 3.42. The zero-order valence-corrected chi connectivity index (χ0v) is 13.1. The highest BCUT2D eigenvalue weighted by Gasteiger charge is 2.20.